The van der Waals surface area contributed by atoms with E-state index >= 15 is 0 Å². The van der Waals surface area contributed by atoms with E-state index in [1.54, 1.807) is 7.11 Å². The summed E-state index contributed by atoms with van der Waals surface area (Å²) in [5.74, 6) is 0. The van der Waals surface area contributed by atoms with Crippen LogP contribution in [0.5, 0.6) is 0 Å². The lowest BCUT2D eigenvalue weighted by Gasteiger charge is -2.32. The molecule has 12 heavy (non-hydrogen) atoms. The number of morpholine rings is 1. The largest absolute Gasteiger partial charge is 0.382 e. The Bertz CT molecular complexity index is 103. The van der Waals surface area contributed by atoms with Crippen molar-refractivity contribution in [2.45, 2.75) is 19.4 Å². The fourth-order valence-corrected chi connectivity index (χ4v) is 1.59. The highest BCUT2D eigenvalue weighted by Gasteiger charge is 2.18. The molecule has 3 heteroatoms. The number of hydrogen-bond acceptors (Lipinski definition) is 3. The zero-order valence-corrected chi connectivity index (χ0v) is 8.08. The first-order valence-electron chi connectivity index (χ1n) is 4.69. The molecule has 0 radical (unpaired) electrons. The fourth-order valence-electron chi connectivity index (χ4n) is 1.59. The Hall–Kier alpha value is -0.120. The summed E-state index contributed by atoms with van der Waals surface area (Å²) in [4.78, 5) is 2.44. The van der Waals surface area contributed by atoms with Gasteiger partial charge in [-0.1, -0.05) is 6.92 Å². The highest BCUT2D eigenvalue weighted by molar-refractivity contribution is 4.70. The Kier molecular flexibility index (Phi) is 4.58. The van der Waals surface area contributed by atoms with Gasteiger partial charge in [0.2, 0.25) is 0 Å². The average Bonchev–Trinajstić information content (AvgIpc) is 2.06. The van der Waals surface area contributed by atoms with Crippen molar-refractivity contribution in [3.05, 3.63) is 0 Å². The second-order valence-corrected chi connectivity index (χ2v) is 3.25. The Morgan fingerprint density at radius 1 is 1.58 bits per heavy atom. The Labute approximate surface area is 74.6 Å². The summed E-state index contributed by atoms with van der Waals surface area (Å²) in [7, 11) is 1.72. The standard InChI is InChI=1S/C9H19NO2/c1-3-4-10-5-6-12-9(7-10)8-11-2/h9H,3-8H2,1-2H3. The SMILES string of the molecule is CCCN1CCOC(COC)C1. The molecule has 0 aromatic rings. The van der Waals surface area contributed by atoms with Crippen LogP contribution in [0.25, 0.3) is 0 Å². The summed E-state index contributed by atoms with van der Waals surface area (Å²) in [6, 6.07) is 0. The van der Waals surface area contributed by atoms with Gasteiger partial charge in [0.25, 0.3) is 0 Å². The summed E-state index contributed by atoms with van der Waals surface area (Å²) in [6.07, 6.45) is 1.51. The van der Waals surface area contributed by atoms with Crippen molar-refractivity contribution in [2.75, 3.05) is 40.0 Å². The van der Waals surface area contributed by atoms with Gasteiger partial charge in [-0.25, -0.2) is 0 Å². The molecule has 1 atom stereocenters. The number of rotatable bonds is 4. The first kappa shape index (κ1) is 9.96. The molecule has 1 unspecified atom stereocenters. The molecule has 0 aromatic carbocycles. The maximum Gasteiger partial charge on any atom is 0.0935 e. The van der Waals surface area contributed by atoms with Crippen molar-refractivity contribution < 1.29 is 9.47 Å². The summed E-state index contributed by atoms with van der Waals surface area (Å²) < 4.78 is 10.6. The van der Waals surface area contributed by atoms with E-state index in [0.717, 1.165) is 26.3 Å². The maximum absolute atomic E-state index is 5.53. The van der Waals surface area contributed by atoms with Crippen LogP contribution in [0.3, 0.4) is 0 Å². The van der Waals surface area contributed by atoms with E-state index in [9.17, 15) is 0 Å². The van der Waals surface area contributed by atoms with E-state index in [1.165, 1.54) is 13.0 Å². The van der Waals surface area contributed by atoms with Crippen molar-refractivity contribution >= 4 is 0 Å². The molecule has 0 spiro atoms. The number of methoxy groups -OCH3 is 1. The summed E-state index contributed by atoms with van der Waals surface area (Å²) in [5, 5.41) is 0. The van der Waals surface area contributed by atoms with Gasteiger partial charge in [-0.2, -0.15) is 0 Å². The molecule has 0 amide bonds. The lowest BCUT2D eigenvalue weighted by Crippen LogP contribution is -2.44. The summed E-state index contributed by atoms with van der Waals surface area (Å²) in [6.45, 7) is 7.08. The van der Waals surface area contributed by atoms with Crippen LogP contribution in [-0.2, 0) is 9.47 Å². The van der Waals surface area contributed by atoms with Gasteiger partial charge >= 0.3 is 0 Å². The highest BCUT2D eigenvalue weighted by Crippen LogP contribution is 2.05. The van der Waals surface area contributed by atoms with Gasteiger partial charge in [0.1, 0.15) is 0 Å². The van der Waals surface area contributed by atoms with Gasteiger partial charge in [-0.15, -0.1) is 0 Å². The van der Waals surface area contributed by atoms with Crippen molar-refractivity contribution in [1.29, 1.82) is 0 Å². The van der Waals surface area contributed by atoms with Crippen molar-refractivity contribution in [1.82, 2.24) is 4.90 Å². The third kappa shape index (κ3) is 3.09. The smallest absolute Gasteiger partial charge is 0.0935 e. The second kappa shape index (κ2) is 5.51. The van der Waals surface area contributed by atoms with Crippen LogP contribution in [0, 0.1) is 0 Å². The molecule has 72 valence electrons. The van der Waals surface area contributed by atoms with Gasteiger partial charge < -0.3 is 9.47 Å². The zero-order chi connectivity index (χ0) is 8.81. The van der Waals surface area contributed by atoms with E-state index in [0.29, 0.717) is 0 Å². The molecule has 0 aromatic heterocycles. The quantitative estimate of drug-likeness (QED) is 0.626. The molecule has 1 fully saturated rings. The zero-order valence-electron chi connectivity index (χ0n) is 8.08. The van der Waals surface area contributed by atoms with Crippen LogP contribution in [0.2, 0.25) is 0 Å². The molecule has 0 aliphatic carbocycles. The van der Waals surface area contributed by atoms with Crippen molar-refractivity contribution in [3.63, 3.8) is 0 Å². The first-order valence-corrected chi connectivity index (χ1v) is 4.69. The van der Waals surface area contributed by atoms with Gasteiger partial charge in [0.05, 0.1) is 19.3 Å². The van der Waals surface area contributed by atoms with Gasteiger partial charge in [-0.05, 0) is 13.0 Å². The van der Waals surface area contributed by atoms with Gasteiger partial charge in [0, 0.05) is 20.2 Å². The number of nitrogens with zero attached hydrogens (tertiary/aromatic N) is 1. The Morgan fingerprint density at radius 3 is 3.08 bits per heavy atom. The minimum atomic E-state index is 0.287. The lowest BCUT2D eigenvalue weighted by molar-refractivity contribution is -0.0607. The summed E-state index contributed by atoms with van der Waals surface area (Å²) >= 11 is 0. The molecule has 1 aliphatic rings. The van der Waals surface area contributed by atoms with E-state index < -0.39 is 0 Å². The molecule has 0 bridgehead atoms. The molecule has 1 aliphatic heterocycles. The average molecular weight is 173 g/mol. The first-order chi connectivity index (χ1) is 5.86. The van der Waals surface area contributed by atoms with Crippen LogP contribution in [0.1, 0.15) is 13.3 Å². The van der Waals surface area contributed by atoms with E-state index in [2.05, 4.69) is 11.8 Å². The molecule has 1 saturated heterocycles. The van der Waals surface area contributed by atoms with Crippen LogP contribution < -0.4 is 0 Å². The molecular weight excluding hydrogens is 154 g/mol. The van der Waals surface area contributed by atoms with E-state index in [4.69, 9.17) is 9.47 Å². The van der Waals surface area contributed by atoms with Gasteiger partial charge in [-0.3, -0.25) is 4.90 Å². The molecule has 1 heterocycles. The molecule has 3 nitrogen and oxygen atoms in total. The predicted molar refractivity (Wildman–Crippen MR) is 48.3 cm³/mol. The second-order valence-electron chi connectivity index (χ2n) is 3.25. The number of hydrogen-bond donors (Lipinski definition) is 0. The van der Waals surface area contributed by atoms with Gasteiger partial charge in [0.15, 0.2) is 0 Å². The van der Waals surface area contributed by atoms with E-state index in [-0.39, 0.29) is 6.10 Å². The highest BCUT2D eigenvalue weighted by atomic mass is 16.5. The fraction of sp³-hybridized carbons (Fsp3) is 1.00. The number of ether oxygens (including phenoxy) is 2. The van der Waals surface area contributed by atoms with Crippen molar-refractivity contribution in [3.8, 4) is 0 Å². The maximum atomic E-state index is 5.53. The Balaban J connectivity index is 2.20. The predicted octanol–water partition coefficient (Wildman–Crippen LogP) is 0.744. The topological polar surface area (TPSA) is 21.7 Å². The normalized spacial score (nSPS) is 26.0. The molecule has 0 N–H and O–H groups in total. The van der Waals surface area contributed by atoms with Crippen LogP contribution in [0.15, 0.2) is 0 Å². The summed E-state index contributed by atoms with van der Waals surface area (Å²) in [5.41, 5.74) is 0. The van der Waals surface area contributed by atoms with Crippen molar-refractivity contribution in [2.24, 2.45) is 0 Å². The van der Waals surface area contributed by atoms with Crippen LogP contribution >= 0.6 is 0 Å². The van der Waals surface area contributed by atoms with Crippen LogP contribution in [-0.4, -0.2) is 51.0 Å². The molecule has 0 saturated carbocycles. The third-order valence-electron chi connectivity index (χ3n) is 2.12. The third-order valence-corrected chi connectivity index (χ3v) is 2.12. The minimum Gasteiger partial charge on any atom is -0.382 e. The minimum absolute atomic E-state index is 0.287. The monoisotopic (exact) mass is 173 g/mol. The lowest BCUT2D eigenvalue weighted by atomic mass is 10.2. The molecule has 1 rings (SSSR count). The molecular formula is C9H19NO2. The van der Waals surface area contributed by atoms with Crippen LogP contribution in [0.4, 0.5) is 0 Å². The van der Waals surface area contributed by atoms with E-state index in [1.807, 2.05) is 0 Å². The Morgan fingerprint density at radius 2 is 2.42 bits per heavy atom.